The maximum absolute atomic E-state index is 6.09. The van der Waals surface area contributed by atoms with E-state index in [2.05, 4.69) is 28.4 Å². The lowest BCUT2D eigenvalue weighted by molar-refractivity contribution is 0.354. The van der Waals surface area contributed by atoms with E-state index in [4.69, 9.17) is 10.7 Å². The minimum atomic E-state index is 0.587. The number of fused-ring (bicyclic) bond motifs is 1. The van der Waals surface area contributed by atoms with Crippen LogP contribution in [0.15, 0.2) is 6.20 Å². The summed E-state index contributed by atoms with van der Waals surface area (Å²) in [5, 5.41) is 3.43. The summed E-state index contributed by atoms with van der Waals surface area (Å²) >= 11 is 0. The molecule has 0 aromatic carbocycles. The highest BCUT2D eigenvalue weighted by molar-refractivity contribution is 5.87. The fourth-order valence-electron chi connectivity index (χ4n) is 3.30. The number of unbranched alkanes of at least 4 members (excludes halogenated alkanes) is 1. The number of H-pyrrole nitrogens is 1. The topological polar surface area (TPSA) is 79.6 Å². The van der Waals surface area contributed by atoms with Gasteiger partial charge in [0.05, 0.1) is 5.52 Å². The van der Waals surface area contributed by atoms with Crippen LogP contribution in [0, 0.1) is 5.92 Å². The van der Waals surface area contributed by atoms with Crippen molar-refractivity contribution in [2.75, 3.05) is 18.8 Å². The van der Waals surface area contributed by atoms with E-state index in [9.17, 15) is 0 Å². The van der Waals surface area contributed by atoms with Crippen molar-refractivity contribution in [3.05, 3.63) is 17.6 Å². The Hall–Kier alpha value is -1.62. The number of hydrogen-bond acceptors (Lipinski definition) is 4. The molecule has 5 nitrogen and oxygen atoms in total. The van der Waals surface area contributed by atoms with Crippen molar-refractivity contribution in [1.29, 1.82) is 0 Å². The van der Waals surface area contributed by atoms with E-state index in [1.165, 1.54) is 24.8 Å². The minimum Gasteiger partial charge on any atom is -0.382 e. The Balaban J connectivity index is 1.75. The van der Waals surface area contributed by atoms with Gasteiger partial charge in [-0.15, -0.1) is 0 Å². The molecule has 0 saturated carbocycles. The average molecular weight is 301 g/mol. The van der Waals surface area contributed by atoms with Crippen LogP contribution in [-0.2, 0) is 12.8 Å². The van der Waals surface area contributed by atoms with Crippen LogP contribution in [0.3, 0.4) is 0 Å². The third-order valence-electron chi connectivity index (χ3n) is 4.71. The predicted octanol–water partition coefficient (Wildman–Crippen LogP) is 2.81. The Bertz CT molecular complexity index is 613. The minimum absolute atomic E-state index is 0.587. The third-order valence-corrected chi connectivity index (χ3v) is 4.71. The summed E-state index contributed by atoms with van der Waals surface area (Å²) < 4.78 is 0. The molecule has 0 spiro atoms. The number of nitrogens with one attached hydrogen (secondary N) is 2. The first-order valence-corrected chi connectivity index (χ1v) is 8.61. The summed E-state index contributed by atoms with van der Waals surface area (Å²) in [5.41, 5.74) is 9.32. The van der Waals surface area contributed by atoms with Crippen LogP contribution in [0.5, 0.6) is 0 Å². The Morgan fingerprint density at radius 2 is 2.05 bits per heavy atom. The van der Waals surface area contributed by atoms with E-state index in [1.54, 1.807) is 0 Å². The maximum atomic E-state index is 6.09. The zero-order valence-electron chi connectivity index (χ0n) is 13.5. The number of aromatic nitrogens is 3. The normalized spacial score (nSPS) is 16.4. The van der Waals surface area contributed by atoms with Crippen LogP contribution in [-0.4, -0.2) is 28.0 Å². The van der Waals surface area contributed by atoms with Gasteiger partial charge in [-0.1, -0.05) is 13.3 Å². The molecule has 1 fully saturated rings. The van der Waals surface area contributed by atoms with Gasteiger partial charge in [-0.05, 0) is 56.7 Å². The monoisotopic (exact) mass is 301 g/mol. The molecule has 0 atom stereocenters. The Morgan fingerprint density at radius 3 is 2.82 bits per heavy atom. The van der Waals surface area contributed by atoms with E-state index in [1.807, 2.05) is 0 Å². The first kappa shape index (κ1) is 15.3. The number of aromatic amines is 1. The van der Waals surface area contributed by atoms with E-state index in [0.29, 0.717) is 5.82 Å². The number of rotatable bonds is 6. The van der Waals surface area contributed by atoms with Crippen LogP contribution in [0.25, 0.3) is 11.0 Å². The standard InChI is InChI=1S/C17H27N5/c1-2-3-4-14-21-15-13(11-20-16(15)17(18)22-14)6-5-12-7-9-19-10-8-12/h11-12,19-20H,2-10H2,1H3,(H2,18,21,22). The lowest BCUT2D eigenvalue weighted by atomic mass is 9.92. The van der Waals surface area contributed by atoms with Crippen LogP contribution in [0.2, 0.25) is 0 Å². The van der Waals surface area contributed by atoms with Gasteiger partial charge in [0.1, 0.15) is 11.3 Å². The average Bonchev–Trinajstić information content (AvgIpc) is 2.95. The smallest absolute Gasteiger partial charge is 0.151 e. The lowest BCUT2D eigenvalue weighted by Gasteiger charge is -2.22. The van der Waals surface area contributed by atoms with E-state index < -0.39 is 0 Å². The second-order valence-electron chi connectivity index (χ2n) is 6.40. The molecule has 22 heavy (non-hydrogen) atoms. The molecule has 4 N–H and O–H groups in total. The molecule has 0 radical (unpaired) electrons. The molecule has 0 unspecified atom stereocenters. The molecule has 1 aliphatic rings. The van der Waals surface area contributed by atoms with E-state index in [-0.39, 0.29) is 0 Å². The molecule has 2 aromatic rings. The SMILES string of the molecule is CCCCc1nc(N)c2[nH]cc(CCC3CCNCC3)c2n1. The quantitative estimate of drug-likeness (QED) is 0.766. The summed E-state index contributed by atoms with van der Waals surface area (Å²) in [5.74, 6) is 2.31. The highest BCUT2D eigenvalue weighted by atomic mass is 15.0. The molecule has 3 rings (SSSR count). The fraction of sp³-hybridized carbons (Fsp3) is 0.647. The highest BCUT2D eigenvalue weighted by Gasteiger charge is 2.16. The summed E-state index contributed by atoms with van der Waals surface area (Å²) in [7, 11) is 0. The van der Waals surface area contributed by atoms with Crippen LogP contribution < -0.4 is 11.1 Å². The van der Waals surface area contributed by atoms with Gasteiger partial charge in [0.15, 0.2) is 5.82 Å². The number of nitrogens with two attached hydrogens (primary N) is 1. The first-order chi connectivity index (χ1) is 10.8. The maximum Gasteiger partial charge on any atom is 0.151 e. The van der Waals surface area contributed by atoms with Crippen molar-refractivity contribution >= 4 is 16.9 Å². The van der Waals surface area contributed by atoms with Crippen molar-refractivity contribution in [3.63, 3.8) is 0 Å². The number of nitrogens with zero attached hydrogens (tertiary/aromatic N) is 2. The van der Waals surface area contributed by atoms with Crippen LogP contribution >= 0.6 is 0 Å². The van der Waals surface area contributed by atoms with Gasteiger partial charge in [-0.2, -0.15) is 0 Å². The molecule has 3 heterocycles. The van der Waals surface area contributed by atoms with Crippen molar-refractivity contribution in [2.45, 2.75) is 51.9 Å². The Labute approximate surface area is 132 Å². The van der Waals surface area contributed by atoms with Gasteiger partial charge < -0.3 is 16.0 Å². The lowest BCUT2D eigenvalue weighted by Crippen LogP contribution is -2.27. The van der Waals surface area contributed by atoms with Gasteiger partial charge in [-0.25, -0.2) is 9.97 Å². The van der Waals surface area contributed by atoms with Crippen LogP contribution in [0.1, 0.15) is 50.4 Å². The molecule has 2 aromatic heterocycles. The van der Waals surface area contributed by atoms with Crippen molar-refractivity contribution < 1.29 is 0 Å². The summed E-state index contributed by atoms with van der Waals surface area (Å²) in [6.07, 6.45) is 10.1. The van der Waals surface area contributed by atoms with E-state index >= 15 is 0 Å². The Morgan fingerprint density at radius 1 is 1.23 bits per heavy atom. The molecule has 5 heteroatoms. The highest BCUT2D eigenvalue weighted by Crippen LogP contribution is 2.25. The number of anilines is 1. The molecule has 0 bridgehead atoms. The number of nitrogen functional groups attached to an aromatic ring is 1. The summed E-state index contributed by atoms with van der Waals surface area (Å²) in [6.45, 7) is 4.51. The van der Waals surface area contributed by atoms with Gasteiger partial charge in [0, 0.05) is 12.6 Å². The molecule has 1 aliphatic heterocycles. The van der Waals surface area contributed by atoms with Gasteiger partial charge >= 0.3 is 0 Å². The number of piperidine rings is 1. The first-order valence-electron chi connectivity index (χ1n) is 8.61. The van der Waals surface area contributed by atoms with Crippen molar-refractivity contribution in [3.8, 4) is 0 Å². The fourth-order valence-corrected chi connectivity index (χ4v) is 3.30. The Kier molecular flexibility index (Phi) is 4.93. The number of aryl methyl sites for hydroxylation is 2. The zero-order chi connectivity index (χ0) is 15.4. The largest absolute Gasteiger partial charge is 0.382 e. The summed E-state index contributed by atoms with van der Waals surface area (Å²) in [4.78, 5) is 12.5. The molecule has 0 aliphatic carbocycles. The second-order valence-corrected chi connectivity index (χ2v) is 6.40. The van der Waals surface area contributed by atoms with Gasteiger partial charge in [0.2, 0.25) is 0 Å². The van der Waals surface area contributed by atoms with Gasteiger partial charge in [0.25, 0.3) is 0 Å². The number of hydrogen-bond donors (Lipinski definition) is 3. The van der Waals surface area contributed by atoms with Crippen LogP contribution in [0.4, 0.5) is 5.82 Å². The second kappa shape index (κ2) is 7.09. The molecular weight excluding hydrogens is 274 g/mol. The van der Waals surface area contributed by atoms with Gasteiger partial charge in [-0.3, -0.25) is 0 Å². The predicted molar refractivity (Wildman–Crippen MR) is 90.8 cm³/mol. The van der Waals surface area contributed by atoms with Crippen molar-refractivity contribution in [2.24, 2.45) is 5.92 Å². The summed E-state index contributed by atoms with van der Waals surface area (Å²) in [6, 6.07) is 0. The molecule has 0 amide bonds. The molecular formula is C17H27N5. The molecule has 1 saturated heterocycles. The van der Waals surface area contributed by atoms with Crippen molar-refractivity contribution in [1.82, 2.24) is 20.3 Å². The molecule has 120 valence electrons. The van der Waals surface area contributed by atoms with E-state index in [0.717, 1.165) is 61.5 Å². The zero-order valence-corrected chi connectivity index (χ0v) is 13.5. The third kappa shape index (κ3) is 3.40.